The number of piperazine rings is 1. The van der Waals surface area contributed by atoms with Gasteiger partial charge in [-0.15, -0.1) is 0 Å². The van der Waals surface area contributed by atoms with Gasteiger partial charge in [-0.1, -0.05) is 30.3 Å². The van der Waals surface area contributed by atoms with Gasteiger partial charge in [-0.3, -0.25) is 14.5 Å². The van der Waals surface area contributed by atoms with Gasteiger partial charge < -0.3 is 9.80 Å². The number of thiophene rings is 1. The molecule has 30 heavy (non-hydrogen) atoms. The fourth-order valence-corrected chi connectivity index (χ4v) is 5.17. The number of rotatable bonds is 6. The van der Waals surface area contributed by atoms with Crippen LogP contribution in [0.2, 0.25) is 0 Å². The van der Waals surface area contributed by atoms with Crippen molar-refractivity contribution in [3.63, 3.8) is 0 Å². The highest BCUT2D eigenvalue weighted by Crippen LogP contribution is 2.23. The molecule has 2 amide bonds. The Morgan fingerprint density at radius 2 is 1.77 bits per heavy atom. The average Bonchev–Trinajstić information content (AvgIpc) is 3.33. The molecule has 0 bridgehead atoms. The molecule has 3 heterocycles. The third kappa shape index (κ3) is 5.49. The van der Waals surface area contributed by atoms with Crippen LogP contribution in [0.5, 0.6) is 0 Å². The topological polar surface area (TPSA) is 43.9 Å². The maximum absolute atomic E-state index is 12.7. The van der Waals surface area contributed by atoms with Crippen molar-refractivity contribution >= 4 is 23.2 Å². The second-order valence-corrected chi connectivity index (χ2v) is 9.23. The summed E-state index contributed by atoms with van der Waals surface area (Å²) in [5.41, 5.74) is 2.13. The Morgan fingerprint density at radius 3 is 2.50 bits per heavy atom. The molecule has 0 spiro atoms. The number of likely N-dealkylation sites (tertiary alicyclic amines) is 1. The van der Waals surface area contributed by atoms with Crippen LogP contribution in [0.3, 0.4) is 0 Å². The second kappa shape index (κ2) is 10.2. The number of carbonyl (C=O) groups excluding carboxylic acids is 2. The first-order valence-electron chi connectivity index (χ1n) is 11.0. The van der Waals surface area contributed by atoms with Gasteiger partial charge in [0.2, 0.25) is 5.91 Å². The summed E-state index contributed by atoms with van der Waals surface area (Å²) in [6, 6.07) is 12.4. The molecule has 2 saturated heterocycles. The largest absolute Gasteiger partial charge is 0.340 e. The van der Waals surface area contributed by atoms with Gasteiger partial charge in [-0.25, -0.2) is 0 Å². The highest BCUT2D eigenvalue weighted by atomic mass is 32.1. The summed E-state index contributed by atoms with van der Waals surface area (Å²) in [6.45, 7) is 6.09. The van der Waals surface area contributed by atoms with Crippen molar-refractivity contribution < 1.29 is 9.59 Å². The molecule has 1 aromatic carbocycles. The molecular formula is C24H31N3O2S. The second-order valence-electron chi connectivity index (χ2n) is 8.45. The summed E-state index contributed by atoms with van der Waals surface area (Å²) >= 11 is 1.56. The molecule has 1 atom stereocenters. The van der Waals surface area contributed by atoms with Crippen LogP contribution in [0.25, 0.3) is 0 Å². The van der Waals surface area contributed by atoms with Crippen LogP contribution in [0.15, 0.2) is 47.2 Å². The third-order valence-electron chi connectivity index (χ3n) is 6.31. The van der Waals surface area contributed by atoms with E-state index in [2.05, 4.69) is 29.2 Å². The average molecular weight is 426 g/mol. The van der Waals surface area contributed by atoms with Crippen molar-refractivity contribution in [1.29, 1.82) is 0 Å². The molecule has 4 rings (SSSR count). The molecule has 0 radical (unpaired) electrons. The summed E-state index contributed by atoms with van der Waals surface area (Å²) in [6.07, 6.45) is 3.64. The summed E-state index contributed by atoms with van der Waals surface area (Å²) in [5.74, 6) is 0.849. The monoisotopic (exact) mass is 425 g/mol. The lowest BCUT2D eigenvalue weighted by atomic mass is 9.92. The molecule has 0 aliphatic carbocycles. The lowest BCUT2D eigenvalue weighted by Gasteiger charge is -2.36. The van der Waals surface area contributed by atoms with E-state index in [4.69, 9.17) is 0 Å². The first kappa shape index (κ1) is 21.1. The minimum atomic E-state index is 0.141. The van der Waals surface area contributed by atoms with E-state index in [0.717, 1.165) is 70.6 Å². The van der Waals surface area contributed by atoms with Gasteiger partial charge in [0.05, 0.1) is 5.56 Å². The van der Waals surface area contributed by atoms with Gasteiger partial charge in [0.25, 0.3) is 5.91 Å². The Kier molecular flexibility index (Phi) is 7.18. The van der Waals surface area contributed by atoms with Gasteiger partial charge in [0.15, 0.2) is 0 Å². The van der Waals surface area contributed by atoms with Crippen LogP contribution >= 0.6 is 11.3 Å². The molecule has 0 N–H and O–H groups in total. The van der Waals surface area contributed by atoms with E-state index < -0.39 is 0 Å². The molecule has 1 aromatic heterocycles. The number of carbonyl (C=O) groups is 2. The van der Waals surface area contributed by atoms with Gasteiger partial charge in [-0.2, -0.15) is 11.3 Å². The van der Waals surface area contributed by atoms with Crippen LogP contribution < -0.4 is 0 Å². The smallest absolute Gasteiger partial charge is 0.254 e. The zero-order chi connectivity index (χ0) is 20.8. The molecule has 2 aliphatic heterocycles. The van der Waals surface area contributed by atoms with Crippen LogP contribution in [0.1, 0.15) is 41.6 Å². The number of hydrogen-bond donors (Lipinski definition) is 0. The Hall–Kier alpha value is -2.18. The molecule has 0 unspecified atom stereocenters. The quantitative estimate of drug-likeness (QED) is 0.708. The predicted octanol–water partition coefficient (Wildman–Crippen LogP) is 3.72. The van der Waals surface area contributed by atoms with Crippen molar-refractivity contribution in [2.45, 2.75) is 32.2 Å². The molecule has 2 fully saturated rings. The normalized spacial score (nSPS) is 20.3. The molecule has 2 aliphatic rings. The lowest BCUT2D eigenvalue weighted by Crippen LogP contribution is -2.48. The molecule has 2 aromatic rings. The standard InChI is InChI=1S/C24H31N3O2S/c28-23(26-14-12-25(13-15-26)17-20-5-2-1-3-6-20)9-8-21-7-4-11-27(18-21)24(29)22-10-16-30-19-22/h1-3,5-6,10,16,19,21H,4,7-9,11-15,17-18H2/t21-/m0/s1. The molecule has 0 saturated carbocycles. The maximum atomic E-state index is 12.7. The zero-order valence-electron chi connectivity index (χ0n) is 17.5. The fourth-order valence-electron chi connectivity index (χ4n) is 4.54. The summed E-state index contributed by atoms with van der Waals surface area (Å²) in [5, 5.41) is 3.87. The highest BCUT2D eigenvalue weighted by Gasteiger charge is 2.26. The number of benzene rings is 1. The van der Waals surface area contributed by atoms with Crippen molar-refractivity contribution in [2.24, 2.45) is 5.92 Å². The summed E-state index contributed by atoms with van der Waals surface area (Å²) in [7, 11) is 0. The van der Waals surface area contributed by atoms with Crippen molar-refractivity contribution in [3.05, 3.63) is 58.3 Å². The fraction of sp³-hybridized carbons (Fsp3) is 0.500. The van der Waals surface area contributed by atoms with Gasteiger partial charge >= 0.3 is 0 Å². The van der Waals surface area contributed by atoms with Crippen LogP contribution in [0.4, 0.5) is 0 Å². The molecular weight excluding hydrogens is 394 g/mol. The maximum Gasteiger partial charge on any atom is 0.254 e. The van der Waals surface area contributed by atoms with Crippen LogP contribution in [-0.2, 0) is 11.3 Å². The minimum Gasteiger partial charge on any atom is -0.340 e. The van der Waals surface area contributed by atoms with Gasteiger partial charge in [0.1, 0.15) is 0 Å². The van der Waals surface area contributed by atoms with E-state index in [-0.39, 0.29) is 11.8 Å². The first-order valence-corrected chi connectivity index (χ1v) is 12.0. The van der Waals surface area contributed by atoms with Crippen molar-refractivity contribution in [1.82, 2.24) is 14.7 Å². The summed E-state index contributed by atoms with van der Waals surface area (Å²) in [4.78, 5) is 31.8. The molecule has 160 valence electrons. The first-order chi connectivity index (χ1) is 14.7. The van der Waals surface area contributed by atoms with E-state index in [9.17, 15) is 9.59 Å². The minimum absolute atomic E-state index is 0.141. The number of hydrogen-bond acceptors (Lipinski definition) is 4. The van der Waals surface area contributed by atoms with Gasteiger partial charge in [0, 0.05) is 57.6 Å². The Bertz CT molecular complexity index is 816. The van der Waals surface area contributed by atoms with E-state index in [0.29, 0.717) is 12.3 Å². The zero-order valence-corrected chi connectivity index (χ0v) is 18.4. The van der Waals surface area contributed by atoms with E-state index in [1.54, 1.807) is 11.3 Å². The summed E-state index contributed by atoms with van der Waals surface area (Å²) < 4.78 is 0. The van der Waals surface area contributed by atoms with Crippen molar-refractivity contribution in [2.75, 3.05) is 39.3 Å². The Labute approximate surface area is 183 Å². The number of nitrogens with zero attached hydrogens (tertiary/aromatic N) is 3. The SMILES string of the molecule is O=C(CC[C@@H]1CCCN(C(=O)c2ccsc2)C1)N1CCN(Cc2ccccc2)CC1. The van der Waals surface area contributed by atoms with Crippen molar-refractivity contribution in [3.8, 4) is 0 Å². The Balaban J connectivity index is 1.19. The third-order valence-corrected chi connectivity index (χ3v) is 7.00. The molecule has 6 heteroatoms. The number of piperidine rings is 1. The van der Waals surface area contributed by atoms with Gasteiger partial charge in [-0.05, 0) is 42.2 Å². The molecule has 5 nitrogen and oxygen atoms in total. The number of amides is 2. The van der Waals surface area contributed by atoms with E-state index in [1.807, 2.05) is 32.7 Å². The predicted molar refractivity (Wildman–Crippen MR) is 120 cm³/mol. The highest BCUT2D eigenvalue weighted by molar-refractivity contribution is 7.08. The Morgan fingerprint density at radius 1 is 0.967 bits per heavy atom. The lowest BCUT2D eigenvalue weighted by molar-refractivity contribution is -0.133. The van der Waals surface area contributed by atoms with E-state index in [1.165, 1.54) is 5.56 Å². The van der Waals surface area contributed by atoms with Crippen LogP contribution in [-0.4, -0.2) is 65.8 Å². The van der Waals surface area contributed by atoms with E-state index >= 15 is 0 Å². The van der Waals surface area contributed by atoms with Crippen LogP contribution in [0, 0.1) is 5.92 Å².